The lowest BCUT2D eigenvalue weighted by atomic mass is 10.0. The Balaban J connectivity index is 2.99. The van der Waals surface area contributed by atoms with Crippen LogP contribution in [0.15, 0.2) is 12.1 Å². The zero-order valence-corrected chi connectivity index (χ0v) is 9.00. The van der Waals surface area contributed by atoms with Gasteiger partial charge in [0.05, 0.1) is 5.56 Å². The standard InChI is InChI=1S/C11H12FNO3/c1-6-3-4-8(12)10(7(6)2)11(16)13-5-9(14)15/h3-4H,5H2,1-2H3,(H,13,16)(H,14,15). The van der Waals surface area contributed by atoms with Gasteiger partial charge in [0, 0.05) is 0 Å². The van der Waals surface area contributed by atoms with Gasteiger partial charge in [-0.15, -0.1) is 0 Å². The van der Waals surface area contributed by atoms with E-state index in [1.807, 2.05) is 0 Å². The SMILES string of the molecule is Cc1ccc(F)c(C(=O)NCC(=O)O)c1C. The first kappa shape index (κ1) is 12.2. The monoisotopic (exact) mass is 225 g/mol. The maximum absolute atomic E-state index is 13.4. The highest BCUT2D eigenvalue weighted by molar-refractivity contribution is 5.97. The van der Waals surface area contributed by atoms with E-state index >= 15 is 0 Å². The van der Waals surface area contributed by atoms with Gasteiger partial charge in [-0.05, 0) is 31.0 Å². The molecule has 2 N–H and O–H groups in total. The fraction of sp³-hybridized carbons (Fsp3) is 0.273. The number of carbonyl (C=O) groups is 2. The Hall–Kier alpha value is -1.91. The summed E-state index contributed by atoms with van der Waals surface area (Å²) in [5.41, 5.74) is 1.20. The molecule has 0 aliphatic rings. The molecule has 0 atom stereocenters. The molecule has 86 valence electrons. The average Bonchev–Trinajstić information content (AvgIpc) is 2.21. The van der Waals surface area contributed by atoms with E-state index in [1.165, 1.54) is 6.07 Å². The van der Waals surface area contributed by atoms with Crippen molar-refractivity contribution in [2.45, 2.75) is 13.8 Å². The van der Waals surface area contributed by atoms with Gasteiger partial charge in [0.2, 0.25) is 0 Å². The summed E-state index contributed by atoms with van der Waals surface area (Å²) in [5.74, 6) is -2.52. The lowest BCUT2D eigenvalue weighted by Gasteiger charge is -2.09. The van der Waals surface area contributed by atoms with E-state index in [0.29, 0.717) is 5.56 Å². The summed E-state index contributed by atoms with van der Waals surface area (Å²) in [6.07, 6.45) is 0. The molecule has 0 saturated carbocycles. The van der Waals surface area contributed by atoms with Gasteiger partial charge in [-0.1, -0.05) is 6.07 Å². The Kier molecular flexibility index (Phi) is 3.60. The van der Waals surface area contributed by atoms with Gasteiger partial charge in [0.1, 0.15) is 12.4 Å². The number of benzene rings is 1. The Labute approximate surface area is 92.1 Å². The average molecular weight is 225 g/mol. The first-order chi connectivity index (χ1) is 7.43. The van der Waals surface area contributed by atoms with Gasteiger partial charge in [-0.3, -0.25) is 9.59 Å². The van der Waals surface area contributed by atoms with Gasteiger partial charge < -0.3 is 10.4 Å². The van der Waals surface area contributed by atoms with Crippen LogP contribution < -0.4 is 5.32 Å². The predicted molar refractivity (Wildman–Crippen MR) is 55.8 cm³/mol. The van der Waals surface area contributed by atoms with Gasteiger partial charge in [0.15, 0.2) is 0 Å². The molecule has 1 rings (SSSR count). The summed E-state index contributed by atoms with van der Waals surface area (Å²) in [6.45, 7) is 2.85. The molecule has 0 heterocycles. The van der Waals surface area contributed by atoms with Gasteiger partial charge in [-0.25, -0.2) is 4.39 Å². The topological polar surface area (TPSA) is 66.4 Å². The molecule has 0 aliphatic heterocycles. The Morgan fingerprint density at radius 1 is 1.38 bits per heavy atom. The van der Waals surface area contributed by atoms with Crippen LogP contribution in [-0.2, 0) is 4.79 Å². The number of rotatable bonds is 3. The molecule has 0 bridgehead atoms. The van der Waals surface area contributed by atoms with E-state index < -0.39 is 24.2 Å². The minimum Gasteiger partial charge on any atom is -0.480 e. The third-order valence-corrected chi connectivity index (χ3v) is 2.31. The second-order valence-corrected chi connectivity index (χ2v) is 3.44. The van der Waals surface area contributed by atoms with E-state index in [0.717, 1.165) is 5.56 Å². The van der Waals surface area contributed by atoms with Crippen molar-refractivity contribution in [1.82, 2.24) is 5.32 Å². The highest BCUT2D eigenvalue weighted by atomic mass is 19.1. The van der Waals surface area contributed by atoms with Crippen molar-refractivity contribution in [2.75, 3.05) is 6.54 Å². The van der Waals surface area contributed by atoms with E-state index in [4.69, 9.17) is 5.11 Å². The molecule has 0 aliphatic carbocycles. The normalized spacial score (nSPS) is 9.94. The minimum atomic E-state index is -1.17. The number of carbonyl (C=O) groups excluding carboxylic acids is 1. The first-order valence-corrected chi connectivity index (χ1v) is 4.69. The van der Waals surface area contributed by atoms with Crippen LogP contribution in [0, 0.1) is 19.7 Å². The number of aliphatic carboxylic acids is 1. The molecule has 1 aromatic rings. The molecule has 5 heteroatoms. The van der Waals surface area contributed by atoms with Gasteiger partial charge in [-0.2, -0.15) is 0 Å². The number of hydrogen-bond donors (Lipinski definition) is 2. The van der Waals surface area contributed by atoms with Crippen LogP contribution in [0.2, 0.25) is 0 Å². The summed E-state index contributed by atoms with van der Waals surface area (Å²) >= 11 is 0. The smallest absolute Gasteiger partial charge is 0.322 e. The Morgan fingerprint density at radius 2 is 2.00 bits per heavy atom. The molecule has 0 spiro atoms. The minimum absolute atomic E-state index is 0.0961. The molecule has 0 aromatic heterocycles. The quantitative estimate of drug-likeness (QED) is 0.813. The first-order valence-electron chi connectivity index (χ1n) is 4.69. The van der Waals surface area contributed by atoms with Crippen LogP contribution in [-0.4, -0.2) is 23.5 Å². The summed E-state index contributed by atoms with van der Waals surface area (Å²) in [6, 6.07) is 2.76. The summed E-state index contributed by atoms with van der Waals surface area (Å²) < 4.78 is 13.4. The van der Waals surface area contributed by atoms with Crippen molar-refractivity contribution in [3.63, 3.8) is 0 Å². The van der Waals surface area contributed by atoms with Crippen molar-refractivity contribution in [2.24, 2.45) is 0 Å². The van der Waals surface area contributed by atoms with Crippen LogP contribution in [0.3, 0.4) is 0 Å². The number of nitrogens with one attached hydrogen (secondary N) is 1. The van der Waals surface area contributed by atoms with E-state index in [-0.39, 0.29) is 5.56 Å². The number of aryl methyl sites for hydroxylation is 1. The lowest BCUT2D eigenvalue weighted by Crippen LogP contribution is -2.30. The van der Waals surface area contributed by atoms with Crippen LogP contribution in [0.25, 0.3) is 0 Å². The molecular formula is C11H12FNO3. The largest absolute Gasteiger partial charge is 0.480 e. The molecule has 0 unspecified atom stereocenters. The number of carboxylic acid groups (broad SMARTS) is 1. The fourth-order valence-electron chi connectivity index (χ4n) is 1.31. The number of hydrogen-bond acceptors (Lipinski definition) is 2. The lowest BCUT2D eigenvalue weighted by molar-refractivity contribution is -0.135. The number of amides is 1. The Bertz CT molecular complexity index is 443. The molecule has 0 fully saturated rings. The molecule has 1 amide bonds. The molecule has 0 radical (unpaired) electrons. The summed E-state index contributed by atoms with van der Waals surface area (Å²) in [7, 11) is 0. The summed E-state index contributed by atoms with van der Waals surface area (Å²) in [4.78, 5) is 21.8. The van der Waals surface area contributed by atoms with Crippen molar-refractivity contribution in [3.05, 3.63) is 34.6 Å². The van der Waals surface area contributed by atoms with Gasteiger partial charge >= 0.3 is 5.97 Å². The molecule has 4 nitrogen and oxygen atoms in total. The van der Waals surface area contributed by atoms with Crippen LogP contribution >= 0.6 is 0 Å². The molecule has 1 aromatic carbocycles. The van der Waals surface area contributed by atoms with Crippen molar-refractivity contribution in [3.8, 4) is 0 Å². The second-order valence-electron chi connectivity index (χ2n) is 3.44. The van der Waals surface area contributed by atoms with E-state index in [9.17, 15) is 14.0 Å². The van der Waals surface area contributed by atoms with Gasteiger partial charge in [0.25, 0.3) is 5.91 Å². The molecule has 0 saturated heterocycles. The zero-order chi connectivity index (χ0) is 12.3. The van der Waals surface area contributed by atoms with Crippen LogP contribution in [0.5, 0.6) is 0 Å². The maximum atomic E-state index is 13.4. The van der Waals surface area contributed by atoms with Crippen LogP contribution in [0.4, 0.5) is 4.39 Å². The second kappa shape index (κ2) is 4.74. The third kappa shape index (κ3) is 2.56. The third-order valence-electron chi connectivity index (χ3n) is 2.31. The van der Waals surface area contributed by atoms with Crippen molar-refractivity contribution >= 4 is 11.9 Å². The highest BCUT2D eigenvalue weighted by Crippen LogP contribution is 2.16. The number of carboxylic acids is 1. The summed E-state index contributed by atoms with van der Waals surface area (Å²) in [5, 5.41) is 10.5. The van der Waals surface area contributed by atoms with Crippen molar-refractivity contribution < 1.29 is 19.1 Å². The van der Waals surface area contributed by atoms with E-state index in [2.05, 4.69) is 5.32 Å². The maximum Gasteiger partial charge on any atom is 0.322 e. The van der Waals surface area contributed by atoms with E-state index in [1.54, 1.807) is 19.9 Å². The Morgan fingerprint density at radius 3 is 2.56 bits per heavy atom. The predicted octanol–water partition coefficient (Wildman–Crippen LogP) is 1.26. The highest BCUT2D eigenvalue weighted by Gasteiger charge is 2.16. The molecule has 16 heavy (non-hydrogen) atoms. The van der Waals surface area contributed by atoms with Crippen LogP contribution in [0.1, 0.15) is 21.5 Å². The number of halogens is 1. The van der Waals surface area contributed by atoms with Crippen molar-refractivity contribution in [1.29, 1.82) is 0 Å². The molecular weight excluding hydrogens is 213 g/mol. The zero-order valence-electron chi connectivity index (χ0n) is 9.00. The fourth-order valence-corrected chi connectivity index (χ4v) is 1.31.